The van der Waals surface area contributed by atoms with E-state index in [1.807, 2.05) is 22.7 Å². The van der Waals surface area contributed by atoms with E-state index >= 15 is 0 Å². The third-order valence-electron chi connectivity index (χ3n) is 3.47. The monoisotopic (exact) mass is 283 g/mol. The van der Waals surface area contributed by atoms with Crippen LogP contribution in [0.15, 0.2) is 18.3 Å². The highest BCUT2D eigenvalue weighted by atomic mass is 35.5. The zero-order valence-corrected chi connectivity index (χ0v) is 11.5. The Bertz CT molecular complexity index is 559. The van der Waals surface area contributed by atoms with E-state index in [0.717, 1.165) is 24.3 Å². The highest BCUT2D eigenvalue weighted by Gasteiger charge is 2.17. The molecule has 0 aliphatic carbocycles. The molecule has 2 aromatic rings. The third kappa shape index (κ3) is 2.35. The molecule has 1 saturated heterocycles. The fourth-order valence-electron chi connectivity index (χ4n) is 2.54. The van der Waals surface area contributed by atoms with Crippen LogP contribution in [0.3, 0.4) is 0 Å². The molecule has 1 atom stereocenters. The van der Waals surface area contributed by atoms with E-state index in [-0.39, 0.29) is 0 Å². The molecule has 3 nitrogen and oxygen atoms in total. The summed E-state index contributed by atoms with van der Waals surface area (Å²) in [5.74, 6) is 0.983. The maximum absolute atomic E-state index is 6.15. The van der Waals surface area contributed by atoms with E-state index in [1.54, 1.807) is 0 Å². The maximum Gasteiger partial charge on any atom is 0.155 e. The van der Waals surface area contributed by atoms with E-state index in [9.17, 15) is 0 Å². The van der Waals surface area contributed by atoms with Crippen LogP contribution in [0, 0.1) is 0 Å². The summed E-state index contributed by atoms with van der Waals surface area (Å²) in [6.07, 6.45) is 6.54. The summed E-state index contributed by atoms with van der Waals surface area (Å²) in [5.41, 5.74) is 0.923. The minimum absolute atomic E-state index is 0.499. The van der Waals surface area contributed by atoms with E-state index in [4.69, 9.17) is 23.2 Å². The summed E-state index contributed by atoms with van der Waals surface area (Å²) in [6, 6.07) is 4.25. The second-order valence-corrected chi connectivity index (χ2v) is 5.57. The van der Waals surface area contributed by atoms with Crippen LogP contribution in [-0.4, -0.2) is 22.0 Å². The summed E-state index contributed by atoms with van der Waals surface area (Å²) in [7, 11) is 0. The maximum atomic E-state index is 6.15. The predicted molar refractivity (Wildman–Crippen MR) is 74.6 cm³/mol. The molecule has 0 bridgehead atoms. The van der Waals surface area contributed by atoms with Crippen LogP contribution in [0.5, 0.6) is 0 Å². The molecular formula is C13H15Cl2N3. The Labute approximate surface area is 116 Å². The van der Waals surface area contributed by atoms with Crippen LogP contribution in [-0.2, 0) is 6.42 Å². The van der Waals surface area contributed by atoms with Gasteiger partial charge < -0.3 is 9.72 Å². The van der Waals surface area contributed by atoms with Crippen molar-refractivity contribution in [3.63, 3.8) is 0 Å². The molecule has 0 spiro atoms. The smallest absolute Gasteiger partial charge is 0.155 e. The molecule has 96 valence electrons. The lowest BCUT2D eigenvalue weighted by molar-refractivity contribution is 0.394. The molecule has 0 aromatic carbocycles. The molecule has 1 aliphatic heterocycles. The average molecular weight is 284 g/mol. The lowest BCUT2D eigenvalue weighted by atomic mass is 10.0. The molecule has 0 saturated carbocycles. The van der Waals surface area contributed by atoms with Crippen LogP contribution >= 0.6 is 23.2 Å². The zero-order chi connectivity index (χ0) is 12.5. The summed E-state index contributed by atoms with van der Waals surface area (Å²) >= 11 is 12.2. The first-order chi connectivity index (χ1) is 8.74. The summed E-state index contributed by atoms with van der Waals surface area (Å²) in [5, 5.41) is 4.78. The van der Waals surface area contributed by atoms with E-state index in [1.165, 1.54) is 19.3 Å². The van der Waals surface area contributed by atoms with E-state index in [0.29, 0.717) is 16.2 Å². The van der Waals surface area contributed by atoms with Crippen molar-refractivity contribution in [3.05, 3.63) is 34.3 Å². The number of pyridine rings is 1. The van der Waals surface area contributed by atoms with Gasteiger partial charge in [-0.05, 0) is 31.5 Å². The molecule has 5 heteroatoms. The van der Waals surface area contributed by atoms with Crippen LogP contribution in [0.25, 0.3) is 5.52 Å². The third-order valence-corrected chi connectivity index (χ3v) is 3.97. The number of piperidine rings is 1. The quantitative estimate of drug-likeness (QED) is 0.916. The lowest BCUT2D eigenvalue weighted by Gasteiger charge is -2.22. The Morgan fingerprint density at radius 3 is 3.00 bits per heavy atom. The largest absolute Gasteiger partial charge is 0.314 e. The number of fused-ring (bicyclic) bond motifs is 1. The molecule has 1 N–H and O–H groups in total. The molecule has 3 heterocycles. The van der Waals surface area contributed by atoms with Gasteiger partial charge in [0.1, 0.15) is 5.82 Å². The van der Waals surface area contributed by atoms with Crippen molar-refractivity contribution in [2.45, 2.75) is 31.7 Å². The summed E-state index contributed by atoms with van der Waals surface area (Å²) < 4.78 is 2.00. The number of nitrogens with one attached hydrogen (secondary N) is 1. The summed E-state index contributed by atoms with van der Waals surface area (Å²) in [6.45, 7) is 1.10. The number of rotatable bonds is 2. The van der Waals surface area contributed by atoms with Gasteiger partial charge in [0, 0.05) is 18.7 Å². The van der Waals surface area contributed by atoms with Crippen molar-refractivity contribution in [1.82, 2.24) is 14.7 Å². The Balaban J connectivity index is 1.93. The van der Waals surface area contributed by atoms with Gasteiger partial charge in [-0.25, -0.2) is 4.98 Å². The summed E-state index contributed by atoms with van der Waals surface area (Å²) in [4.78, 5) is 4.45. The van der Waals surface area contributed by atoms with Gasteiger partial charge in [-0.2, -0.15) is 0 Å². The van der Waals surface area contributed by atoms with Gasteiger partial charge in [0.25, 0.3) is 0 Å². The molecule has 1 unspecified atom stereocenters. The fraction of sp³-hybridized carbons (Fsp3) is 0.462. The second-order valence-electron chi connectivity index (χ2n) is 4.77. The molecule has 0 radical (unpaired) electrons. The Kier molecular flexibility index (Phi) is 3.46. The lowest BCUT2D eigenvalue weighted by Crippen LogP contribution is -2.36. The number of aromatic nitrogens is 2. The van der Waals surface area contributed by atoms with Gasteiger partial charge >= 0.3 is 0 Å². The van der Waals surface area contributed by atoms with Crippen LogP contribution in [0.4, 0.5) is 0 Å². The van der Waals surface area contributed by atoms with Gasteiger partial charge in [0.05, 0.1) is 10.5 Å². The topological polar surface area (TPSA) is 29.3 Å². The van der Waals surface area contributed by atoms with Crippen molar-refractivity contribution in [3.8, 4) is 0 Å². The molecule has 3 rings (SSSR count). The molecule has 1 aliphatic rings. The number of hydrogen-bond donors (Lipinski definition) is 1. The zero-order valence-electron chi connectivity index (χ0n) is 10.00. The first kappa shape index (κ1) is 12.3. The van der Waals surface area contributed by atoms with Crippen LogP contribution < -0.4 is 5.32 Å². The van der Waals surface area contributed by atoms with Crippen molar-refractivity contribution in [1.29, 1.82) is 0 Å². The molecular weight excluding hydrogens is 269 g/mol. The molecule has 18 heavy (non-hydrogen) atoms. The molecule has 0 amide bonds. The minimum Gasteiger partial charge on any atom is -0.314 e. The van der Waals surface area contributed by atoms with Crippen molar-refractivity contribution >= 4 is 28.7 Å². The van der Waals surface area contributed by atoms with Gasteiger partial charge in [0.15, 0.2) is 5.15 Å². The number of imidazole rings is 1. The Hall–Kier alpha value is -0.770. The van der Waals surface area contributed by atoms with Crippen molar-refractivity contribution < 1.29 is 0 Å². The first-order valence-corrected chi connectivity index (χ1v) is 7.05. The van der Waals surface area contributed by atoms with Crippen LogP contribution in [0.1, 0.15) is 25.1 Å². The van der Waals surface area contributed by atoms with Crippen molar-refractivity contribution in [2.75, 3.05) is 6.54 Å². The Morgan fingerprint density at radius 1 is 1.33 bits per heavy atom. The number of nitrogens with zero attached hydrogens (tertiary/aromatic N) is 2. The highest BCUT2D eigenvalue weighted by Crippen LogP contribution is 2.22. The van der Waals surface area contributed by atoms with Gasteiger partial charge in [0.2, 0.25) is 0 Å². The first-order valence-electron chi connectivity index (χ1n) is 6.29. The standard InChI is InChI=1S/C13H15Cl2N3/c14-9-4-5-11-13(15)17-12(18(11)8-9)7-10-3-1-2-6-16-10/h4-5,8,10,16H,1-3,6-7H2. The minimum atomic E-state index is 0.499. The average Bonchev–Trinajstić information content (AvgIpc) is 2.67. The van der Waals surface area contributed by atoms with E-state index in [2.05, 4.69) is 10.3 Å². The van der Waals surface area contributed by atoms with Gasteiger partial charge in [-0.1, -0.05) is 29.6 Å². The van der Waals surface area contributed by atoms with E-state index < -0.39 is 0 Å². The van der Waals surface area contributed by atoms with Gasteiger partial charge in [-0.3, -0.25) is 0 Å². The van der Waals surface area contributed by atoms with Crippen LogP contribution in [0.2, 0.25) is 10.2 Å². The molecule has 1 fully saturated rings. The number of halogens is 2. The predicted octanol–water partition coefficient (Wildman–Crippen LogP) is 3.33. The number of hydrogen-bond acceptors (Lipinski definition) is 2. The highest BCUT2D eigenvalue weighted by molar-refractivity contribution is 6.33. The van der Waals surface area contributed by atoms with Crippen molar-refractivity contribution in [2.24, 2.45) is 0 Å². The van der Waals surface area contributed by atoms with Gasteiger partial charge in [-0.15, -0.1) is 0 Å². The SMILES string of the molecule is Clc1ccc2c(Cl)nc(CC3CCCCN3)n2c1. The second kappa shape index (κ2) is 5.08. The molecule has 2 aromatic heterocycles. The fourth-order valence-corrected chi connectivity index (χ4v) is 2.96. The normalized spacial score (nSPS) is 20.4. The Morgan fingerprint density at radius 2 is 2.22 bits per heavy atom.